The Morgan fingerprint density at radius 3 is 3.06 bits per heavy atom. The first-order valence-electron chi connectivity index (χ1n) is 6.20. The average Bonchev–Trinajstić information content (AvgIpc) is 2.29. The fourth-order valence-electron chi connectivity index (χ4n) is 2.15. The van der Waals surface area contributed by atoms with Gasteiger partial charge < -0.3 is 10.1 Å². The average molecular weight is 269 g/mol. The van der Waals surface area contributed by atoms with Crippen LogP contribution in [0.5, 0.6) is 0 Å². The van der Waals surface area contributed by atoms with E-state index in [4.69, 9.17) is 16.3 Å². The van der Waals surface area contributed by atoms with Gasteiger partial charge in [0.1, 0.15) is 0 Å². The van der Waals surface area contributed by atoms with Gasteiger partial charge in [-0.2, -0.15) is 0 Å². The Morgan fingerprint density at radius 2 is 2.39 bits per heavy atom. The van der Waals surface area contributed by atoms with E-state index >= 15 is 0 Å². The first kappa shape index (κ1) is 13.3. The smallest absolute Gasteiger partial charge is 0.224 e. The highest BCUT2D eigenvalue weighted by molar-refractivity contribution is 6.33. The number of hydrogen-bond donors (Lipinski definition) is 1. The molecule has 0 aliphatic heterocycles. The van der Waals surface area contributed by atoms with E-state index in [-0.39, 0.29) is 5.91 Å². The van der Waals surface area contributed by atoms with Crippen molar-refractivity contribution in [3.05, 3.63) is 23.5 Å². The van der Waals surface area contributed by atoms with Crippen molar-refractivity contribution in [2.24, 2.45) is 5.92 Å². The molecule has 1 aromatic rings. The Kier molecular flexibility index (Phi) is 4.55. The summed E-state index contributed by atoms with van der Waals surface area (Å²) in [5.74, 6) is 0.418. The number of hydrogen-bond acceptors (Lipinski definition) is 3. The second-order valence-corrected chi connectivity index (χ2v) is 4.93. The van der Waals surface area contributed by atoms with Gasteiger partial charge >= 0.3 is 0 Å². The normalized spacial score (nSPS) is 22.3. The van der Waals surface area contributed by atoms with E-state index in [1.807, 2.05) is 6.92 Å². The van der Waals surface area contributed by atoms with E-state index < -0.39 is 0 Å². The Balaban J connectivity index is 1.75. The van der Waals surface area contributed by atoms with Gasteiger partial charge in [-0.15, -0.1) is 0 Å². The van der Waals surface area contributed by atoms with Crippen LogP contribution in [0.3, 0.4) is 0 Å². The molecular weight excluding hydrogens is 252 g/mol. The molecule has 1 fully saturated rings. The number of rotatable bonds is 5. The molecule has 0 unspecified atom stereocenters. The zero-order valence-corrected chi connectivity index (χ0v) is 11.1. The lowest BCUT2D eigenvalue weighted by atomic mass is 9.80. The van der Waals surface area contributed by atoms with Gasteiger partial charge in [-0.1, -0.05) is 11.6 Å². The molecule has 1 aliphatic carbocycles. The molecule has 1 aromatic heterocycles. The summed E-state index contributed by atoms with van der Waals surface area (Å²) in [4.78, 5) is 15.7. The summed E-state index contributed by atoms with van der Waals surface area (Å²) >= 11 is 5.94. The molecule has 1 saturated carbocycles. The molecule has 0 saturated heterocycles. The third-order valence-corrected chi connectivity index (χ3v) is 3.44. The number of halogens is 1. The Bertz CT molecular complexity index is 419. The topological polar surface area (TPSA) is 51.2 Å². The number of nitrogens with zero attached hydrogens (tertiary/aromatic N) is 1. The molecule has 2 rings (SSSR count). The number of carbonyl (C=O) groups is 1. The highest BCUT2D eigenvalue weighted by Crippen LogP contribution is 2.33. The van der Waals surface area contributed by atoms with Crippen molar-refractivity contribution in [3.63, 3.8) is 0 Å². The lowest BCUT2D eigenvalue weighted by Crippen LogP contribution is -2.33. The van der Waals surface area contributed by atoms with Crippen LogP contribution >= 0.6 is 11.6 Å². The number of pyridine rings is 1. The molecular formula is C13H17ClN2O2. The number of ether oxygens (including phenoxy) is 1. The van der Waals surface area contributed by atoms with Crippen molar-refractivity contribution in [1.82, 2.24) is 4.98 Å². The van der Waals surface area contributed by atoms with Crippen LogP contribution in [0.1, 0.15) is 26.2 Å². The van der Waals surface area contributed by atoms with Crippen molar-refractivity contribution in [2.75, 3.05) is 11.9 Å². The van der Waals surface area contributed by atoms with Crippen molar-refractivity contribution in [2.45, 2.75) is 32.3 Å². The van der Waals surface area contributed by atoms with Gasteiger partial charge in [0.2, 0.25) is 5.91 Å². The zero-order chi connectivity index (χ0) is 13.0. The van der Waals surface area contributed by atoms with Crippen molar-refractivity contribution < 1.29 is 9.53 Å². The summed E-state index contributed by atoms with van der Waals surface area (Å²) in [5, 5.41) is 3.30. The first-order chi connectivity index (χ1) is 8.69. The maximum Gasteiger partial charge on any atom is 0.224 e. The standard InChI is InChI=1S/C13H17ClN2O2/c1-2-18-10-5-9(6-10)7-13(17)16-12-8-15-4-3-11(12)14/h3-4,8-10H,2,5-7H2,1H3,(H,16,17). The maximum atomic E-state index is 11.8. The fourth-order valence-corrected chi connectivity index (χ4v) is 2.30. The van der Waals surface area contributed by atoms with Gasteiger partial charge in [0.15, 0.2) is 0 Å². The van der Waals surface area contributed by atoms with E-state index in [1.165, 1.54) is 0 Å². The Hall–Kier alpha value is -1.13. The summed E-state index contributed by atoms with van der Waals surface area (Å²) in [6, 6.07) is 1.66. The van der Waals surface area contributed by atoms with E-state index in [0.717, 1.165) is 19.4 Å². The molecule has 0 radical (unpaired) electrons. The molecule has 1 heterocycles. The highest BCUT2D eigenvalue weighted by atomic mass is 35.5. The quantitative estimate of drug-likeness (QED) is 0.893. The van der Waals surface area contributed by atoms with E-state index in [2.05, 4.69) is 10.3 Å². The van der Waals surface area contributed by atoms with Gasteiger partial charge in [0.05, 0.1) is 23.0 Å². The van der Waals surface area contributed by atoms with E-state index in [9.17, 15) is 4.79 Å². The molecule has 0 spiro atoms. The number of carbonyl (C=O) groups excluding carboxylic acids is 1. The van der Waals surface area contributed by atoms with Crippen LogP contribution in [-0.4, -0.2) is 23.6 Å². The minimum Gasteiger partial charge on any atom is -0.378 e. The van der Waals surface area contributed by atoms with Crippen LogP contribution in [0.25, 0.3) is 0 Å². The summed E-state index contributed by atoms with van der Waals surface area (Å²) in [7, 11) is 0. The summed E-state index contributed by atoms with van der Waals surface area (Å²) < 4.78 is 5.46. The predicted molar refractivity (Wildman–Crippen MR) is 70.6 cm³/mol. The second kappa shape index (κ2) is 6.16. The van der Waals surface area contributed by atoms with Crippen LogP contribution in [0.15, 0.2) is 18.5 Å². The molecule has 0 bridgehead atoms. The number of aromatic nitrogens is 1. The summed E-state index contributed by atoms with van der Waals surface area (Å²) in [6.45, 7) is 2.74. The fraction of sp³-hybridized carbons (Fsp3) is 0.538. The van der Waals surface area contributed by atoms with Crippen molar-refractivity contribution >= 4 is 23.2 Å². The van der Waals surface area contributed by atoms with Crippen LogP contribution in [-0.2, 0) is 9.53 Å². The second-order valence-electron chi connectivity index (χ2n) is 4.52. The zero-order valence-electron chi connectivity index (χ0n) is 10.4. The van der Waals surface area contributed by atoms with E-state index in [0.29, 0.717) is 29.2 Å². The van der Waals surface area contributed by atoms with Gasteiger partial charge in [-0.05, 0) is 31.7 Å². The number of anilines is 1. The molecule has 1 amide bonds. The predicted octanol–water partition coefficient (Wildman–Crippen LogP) is 2.88. The van der Waals surface area contributed by atoms with Crippen LogP contribution in [0.4, 0.5) is 5.69 Å². The largest absolute Gasteiger partial charge is 0.378 e. The minimum atomic E-state index is -0.00940. The first-order valence-corrected chi connectivity index (χ1v) is 6.57. The molecule has 0 atom stereocenters. The minimum absolute atomic E-state index is 0.00940. The van der Waals surface area contributed by atoms with Gasteiger partial charge in [-0.25, -0.2) is 0 Å². The van der Waals surface area contributed by atoms with Gasteiger partial charge in [0, 0.05) is 19.2 Å². The third-order valence-electron chi connectivity index (χ3n) is 3.11. The number of amides is 1. The molecule has 4 nitrogen and oxygen atoms in total. The van der Waals surface area contributed by atoms with Gasteiger partial charge in [-0.3, -0.25) is 9.78 Å². The summed E-state index contributed by atoms with van der Waals surface area (Å²) in [6.07, 6.45) is 5.97. The lowest BCUT2D eigenvalue weighted by molar-refractivity contribution is -0.119. The molecule has 1 aliphatic rings. The Labute approximate surface area is 112 Å². The van der Waals surface area contributed by atoms with Crippen LogP contribution in [0, 0.1) is 5.92 Å². The van der Waals surface area contributed by atoms with Crippen molar-refractivity contribution in [1.29, 1.82) is 0 Å². The number of nitrogens with one attached hydrogen (secondary N) is 1. The molecule has 98 valence electrons. The maximum absolute atomic E-state index is 11.8. The SMILES string of the molecule is CCOC1CC(CC(=O)Nc2cnccc2Cl)C1. The lowest BCUT2D eigenvalue weighted by Gasteiger charge is -2.34. The molecule has 5 heteroatoms. The highest BCUT2D eigenvalue weighted by Gasteiger charge is 2.31. The van der Waals surface area contributed by atoms with Gasteiger partial charge in [0.25, 0.3) is 0 Å². The molecule has 18 heavy (non-hydrogen) atoms. The summed E-state index contributed by atoms with van der Waals surface area (Å²) in [5.41, 5.74) is 0.574. The van der Waals surface area contributed by atoms with Crippen LogP contribution in [0.2, 0.25) is 5.02 Å². The van der Waals surface area contributed by atoms with E-state index in [1.54, 1.807) is 18.5 Å². The third kappa shape index (κ3) is 3.43. The van der Waals surface area contributed by atoms with Crippen LogP contribution < -0.4 is 5.32 Å². The van der Waals surface area contributed by atoms with Crippen molar-refractivity contribution in [3.8, 4) is 0 Å². The monoisotopic (exact) mass is 268 g/mol. The Morgan fingerprint density at radius 1 is 1.61 bits per heavy atom. The molecule has 1 N–H and O–H groups in total. The molecule has 0 aromatic carbocycles.